The van der Waals surface area contributed by atoms with Gasteiger partial charge < -0.3 is 8.98 Å². The van der Waals surface area contributed by atoms with E-state index >= 15 is 0 Å². The predicted octanol–water partition coefficient (Wildman–Crippen LogP) is 12.4. The average Bonchev–Trinajstić information content (AvgIpc) is 3.75. The first-order valence-corrected chi connectivity index (χ1v) is 19.0. The van der Waals surface area contributed by atoms with Crippen LogP contribution >= 0.6 is 0 Å². The molecule has 0 aliphatic heterocycles. The van der Waals surface area contributed by atoms with Crippen LogP contribution < -0.4 is 10.4 Å². The van der Waals surface area contributed by atoms with Crippen molar-refractivity contribution in [1.29, 1.82) is 0 Å². The van der Waals surface area contributed by atoms with E-state index in [9.17, 15) is 0 Å². The second-order valence-corrected chi connectivity index (χ2v) is 14.7. The summed E-state index contributed by atoms with van der Waals surface area (Å²) in [5.74, 6) is 0. The molecule has 262 valence electrons. The Morgan fingerprint density at radius 3 is 2.13 bits per heavy atom. The van der Waals surface area contributed by atoms with E-state index < -0.39 is 0 Å². The van der Waals surface area contributed by atoms with Crippen molar-refractivity contribution in [2.24, 2.45) is 0 Å². The van der Waals surface area contributed by atoms with Crippen molar-refractivity contribution < 1.29 is 4.42 Å². The Hall–Kier alpha value is -6.90. The molecule has 2 nitrogen and oxygen atoms in total. The summed E-state index contributed by atoms with van der Waals surface area (Å²) in [5, 5.41) is 7.18. The number of nitrogens with zero attached hydrogens (tertiary/aromatic N) is 1. The summed E-state index contributed by atoms with van der Waals surface area (Å²) in [6, 6.07) is 55.1. The molecule has 0 N–H and O–H groups in total. The van der Waals surface area contributed by atoms with Crippen molar-refractivity contribution in [3.05, 3.63) is 221 Å². The molecule has 2 aromatic heterocycles. The topological polar surface area (TPSA) is 18.1 Å². The molecule has 55 heavy (non-hydrogen) atoms. The van der Waals surface area contributed by atoms with Crippen molar-refractivity contribution >= 4 is 54.9 Å². The van der Waals surface area contributed by atoms with Crippen molar-refractivity contribution in [2.75, 3.05) is 0 Å². The number of rotatable bonds is 4. The monoisotopic (exact) mass is 705 g/mol. The molecule has 10 rings (SSSR count). The molecule has 1 aliphatic rings. The van der Waals surface area contributed by atoms with Gasteiger partial charge in [-0.25, -0.2) is 0 Å². The summed E-state index contributed by atoms with van der Waals surface area (Å²) in [7, 11) is 0. The van der Waals surface area contributed by atoms with Crippen LogP contribution in [0.15, 0.2) is 193 Å². The standard InChI is InChI=1S/C53H39NO/c1-34-22-29-51-47(30-34)48-32-35(2)31-45(53(48)55-51)39-25-28-50-46(33-39)43-19-12-13-21-49(43)54(50)40-26-23-38(24-27-40)52-36(3)14-6-4-9-17-41(37-15-7-5-8-16-37)42-18-10-11-20-44(42)52/h4-16,18-33H,3,17H2,1-2H3/b9-4-,14-6-,42-41+,52-44+. The van der Waals surface area contributed by atoms with Crippen molar-refractivity contribution in [1.82, 2.24) is 4.57 Å². The van der Waals surface area contributed by atoms with Gasteiger partial charge in [-0.1, -0.05) is 134 Å². The molecule has 0 saturated carbocycles. The Labute approximate surface area is 320 Å². The normalized spacial score (nSPS) is 16.5. The Morgan fingerprint density at radius 2 is 1.27 bits per heavy atom. The number of allylic oxidation sites excluding steroid dienone is 5. The van der Waals surface area contributed by atoms with Gasteiger partial charge in [0.15, 0.2) is 0 Å². The Kier molecular flexibility index (Phi) is 7.85. The van der Waals surface area contributed by atoms with Crippen LogP contribution in [-0.2, 0) is 0 Å². The maximum absolute atomic E-state index is 6.55. The van der Waals surface area contributed by atoms with Crippen LogP contribution in [0.4, 0.5) is 0 Å². The van der Waals surface area contributed by atoms with Crippen LogP contribution in [0.2, 0.25) is 0 Å². The van der Waals surface area contributed by atoms with Crippen LogP contribution in [-0.4, -0.2) is 4.57 Å². The molecular formula is C53H39NO. The lowest BCUT2D eigenvalue weighted by atomic mass is 9.91. The number of benzene rings is 7. The molecule has 0 atom stereocenters. The Bertz CT molecular complexity index is 3180. The third-order valence-corrected chi connectivity index (χ3v) is 11.1. The molecule has 0 bridgehead atoms. The Balaban J connectivity index is 1.14. The molecule has 9 aromatic rings. The lowest BCUT2D eigenvalue weighted by Gasteiger charge is -2.14. The highest BCUT2D eigenvalue weighted by Crippen LogP contribution is 2.40. The Morgan fingerprint density at radius 1 is 0.545 bits per heavy atom. The number of para-hydroxylation sites is 1. The second-order valence-electron chi connectivity index (χ2n) is 14.7. The van der Waals surface area contributed by atoms with E-state index in [4.69, 9.17) is 4.42 Å². The van der Waals surface area contributed by atoms with Crippen LogP contribution in [0.3, 0.4) is 0 Å². The van der Waals surface area contributed by atoms with E-state index in [0.29, 0.717) is 0 Å². The number of hydrogen-bond donors (Lipinski definition) is 0. The summed E-state index contributed by atoms with van der Waals surface area (Å²) in [4.78, 5) is 0. The maximum Gasteiger partial charge on any atom is 0.143 e. The van der Waals surface area contributed by atoms with Crippen molar-refractivity contribution in [3.8, 4) is 16.8 Å². The smallest absolute Gasteiger partial charge is 0.143 e. The number of furan rings is 1. The van der Waals surface area contributed by atoms with Crippen molar-refractivity contribution in [3.63, 3.8) is 0 Å². The van der Waals surface area contributed by atoms with E-state index in [1.165, 1.54) is 59.9 Å². The molecule has 0 fully saturated rings. The fourth-order valence-electron chi connectivity index (χ4n) is 8.57. The summed E-state index contributed by atoms with van der Waals surface area (Å²) >= 11 is 0. The quantitative estimate of drug-likeness (QED) is 0.178. The van der Waals surface area contributed by atoms with Gasteiger partial charge in [-0.3, -0.25) is 0 Å². The van der Waals surface area contributed by atoms with Crippen LogP contribution in [0.1, 0.15) is 28.7 Å². The van der Waals surface area contributed by atoms with E-state index in [1.54, 1.807) is 0 Å². The first-order chi connectivity index (χ1) is 27.0. The van der Waals surface area contributed by atoms with E-state index in [2.05, 4.69) is 201 Å². The zero-order chi connectivity index (χ0) is 37.0. The summed E-state index contributed by atoms with van der Waals surface area (Å²) < 4.78 is 8.94. The zero-order valence-corrected chi connectivity index (χ0v) is 31.0. The second kappa shape index (κ2) is 13.2. The zero-order valence-electron chi connectivity index (χ0n) is 31.0. The van der Waals surface area contributed by atoms with Gasteiger partial charge in [0.25, 0.3) is 0 Å². The molecule has 0 amide bonds. The van der Waals surface area contributed by atoms with Gasteiger partial charge in [0.05, 0.1) is 11.0 Å². The lowest BCUT2D eigenvalue weighted by Crippen LogP contribution is -2.30. The fourth-order valence-corrected chi connectivity index (χ4v) is 8.57. The number of aryl methyl sites for hydroxylation is 2. The van der Waals surface area contributed by atoms with E-state index in [0.717, 1.165) is 56.5 Å². The first kappa shape index (κ1) is 32.7. The predicted molar refractivity (Wildman–Crippen MR) is 232 cm³/mol. The van der Waals surface area contributed by atoms with Crippen LogP contribution in [0.25, 0.3) is 71.7 Å². The lowest BCUT2D eigenvalue weighted by molar-refractivity contribution is 0.670. The van der Waals surface area contributed by atoms with E-state index in [1.807, 2.05) is 0 Å². The van der Waals surface area contributed by atoms with Crippen LogP contribution in [0.5, 0.6) is 0 Å². The molecule has 2 heteroatoms. The summed E-state index contributed by atoms with van der Waals surface area (Å²) in [6.45, 7) is 8.90. The van der Waals surface area contributed by atoms with Gasteiger partial charge in [0.2, 0.25) is 0 Å². The molecule has 0 radical (unpaired) electrons. The van der Waals surface area contributed by atoms with Gasteiger partial charge in [-0.2, -0.15) is 0 Å². The number of hydrogen-bond acceptors (Lipinski definition) is 1. The fraction of sp³-hybridized carbons (Fsp3) is 0.0566. The van der Waals surface area contributed by atoms with E-state index in [-0.39, 0.29) is 0 Å². The summed E-state index contributed by atoms with van der Waals surface area (Å²) in [5.41, 5.74) is 15.8. The third kappa shape index (κ3) is 5.57. The largest absolute Gasteiger partial charge is 0.455 e. The SMILES string of the molecule is C=C1/C=C\C=C/C/C(c2ccccc2)=c2/cccc/c2=C/1c1ccc(-n2c3ccccc3c3cc(-c4cc(C)cc5c4oc4ccc(C)cc45)ccc32)cc1. The van der Waals surface area contributed by atoms with Gasteiger partial charge in [0.1, 0.15) is 11.2 Å². The highest BCUT2D eigenvalue weighted by atomic mass is 16.3. The minimum absolute atomic E-state index is 0.840. The minimum Gasteiger partial charge on any atom is -0.455 e. The molecule has 0 unspecified atom stereocenters. The molecular weight excluding hydrogens is 667 g/mol. The third-order valence-electron chi connectivity index (χ3n) is 11.1. The number of aromatic nitrogens is 1. The highest BCUT2D eigenvalue weighted by Gasteiger charge is 2.18. The van der Waals surface area contributed by atoms with Gasteiger partial charge >= 0.3 is 0 Å². The van der Waals surface area contributed by atoms with Gasteiger partial charge in [-0.05, 0) is 124 Å². The summed E-state index contributed by atoms with van der Waals surface area (Å²) in [6.07, 6.45) is 9.44. The molecule has 0 spiro atoms. The first-order valence-electron chi connectivity index (χ1n) is 19.0. The van der Waals surface area contributed by atoms with Crippen LogP contribution in [0, 0.1) is 13.8 Å². The number of fused-ring (bicyclic) bond motifs is 7. The minimum atomic E-state index is 0.840. The molecule has 2 heterocycles. The van der Waals surface area contributed by atoms with Crippen molar-refractivity contribution in [2.45, 2.75) is 20.3 Å². The molecule has 0 saturated heterocycles. The maximum atomic E-state index is 6.55. The highest BCUT2D eigenvalue weighted by molar-refractivity contribution is 6.13. The molecule has 7 aromatic carbocycles. The van der Waals surface area contributed by atoms with Gasteiger partial charge in [0, 0.05) is 32.8 Å². The average molecular weight is 706 g/mol. The molecule has 1 aliphatic carbocycles. The van der Waals surface area contributed by atoms with Gasteiger partial charge in [-0.15, -0.1) is 0 Å².